The zero-order valence-electron chi connectivity index (χ0n) is 21.7. The monoisotopic (exact) mass is 553 g/mol. The number of halogens is 2. The molecule has 10 nitrogen and oxygen atoms in total. The molecule has 39 heavy (non-hydrogen) atoms. The zero-order chi connectivity index (χ0) is 27.5. The van der Waals surface area contributed by atoms with Crippen LogP contribution in [-0.2, 0) is 14.3 Å². The van der Waals surface area contributed by atoms with Gasteiger partial charge < -0.3 is 20.3 Å². The van der Waals surface area contributed by atoms with Crippen molar-refractivity contribution in [2.24, 2.45) is 11.8 Å². The molecule has 1 saturated carbocycles. The van der Waals surface area contributed by atoms with E-state index in [9.17, 15) is 14.0 Å². The van der Waals surface area contributed by atoms with Crippen LogP contribution < -0.4 is 10.6 Å². The second kappa shape index (κ2) is 11.6. The summed E-state index contributed by atoms with van der Waals surface area (Å²) in [4.78, 5) is 35.7. The van der Waals surface area contributed by atoms with Crippen LogP contribution in [0.3, 0.4) is 0 Å². The number of aryl methyl sites for hydroxylation is 1. The van der Waals surface area contributed by atoms with Crippen molar-refractivity contribution in [2.75, 3.05) is 30.8 Å². The number of hydrogen-bond acceptors (Lipinski definition) is 9. The average Bonchev–Trinajstić information content (AvgIpc) is 2.89. The van der Waals surface area contributed by atoms with E-state index < -0.39 is 5.82 Å². The summed E-state index contributed by atoms with van der Waals surface area (Å²) in [5.74, 6) is -0.385. The van der Waals surface area contributed by atoms with E-state index in [1.54, 1.807) is 19.1 Å². The first-order valence-electron chi connectivity index (χ1n) is 12.8. The maximum absolute atomic E-state index is 14.3. The molecule has 1 aliphatic heterocycles. The normalized spacial score (nSPS) is 19.7. The number of esters is 1. The first-order valence-corrected chi connectivity index (χ1v) is 13.2. The molecular formula is C27H29ClFN7O3. The van der Waals surface area contributed by atoms with Gasteiger partial charge in [0.15, 0.2) is 0 Å². The highest BCUT2D eigenvalue weighted by Gasteiger charge is 2.38. The number of carbonyl (C=O) groups excluding carboxylic acids is 2. The number of aromatic nitrogens is 4. The van der Waals surface area contributed by atoms with Crippen molar-refractivity contribution in [1.29, 1.82) is 0 Å². The number of benzene rings is 1. The minimum absolute atomic E-state index is 0.0548. The first-order chi connectivity index (χ1) is 18.7. The Kier molecular flexibility index (Phi) is 7.99. The molecule has 1 amide bonds. The van der Waals surface area contributed by atoms with Crippen LogP contribution in [-0.4, -0.2) is 63.2 Å². The fourth-order valence-corrected chi connectivity index (χ4v) is 4.82. The average molecular weight is 554 g/mol. The predicted molar refractivity (Wildman–Crippen MR) is 144 cm³/mol. The van der Waals surface area contributed by atoms with Crippen molar-refractivity contribution < 1.29 is 18.7 Å². The summed E-state index contributed by atoms with van der Waals surface area (Å²) < 4.78 is 20.0. The molecule has 3 aromatic rings. The first kappa shape index (κ1) is 26.9. The van der Waals surface area contributed by atoms with E-state index in [0.29, 0.717) is 46.6 Å². The van der Waals surface area contributed by atoms with E-state index in [1.807, 2.05) is 7.05 Å². The van der Waals surface area contributed by atoms with Crippen LogP contribution in [0.1, 0.15) is 31.4 Å². The van der Waals surface area contributed by atoms with E-state index in [0.717, 1.165) is 25.9 Å². The largest absolute Gasteiger partial charge is 0.462 e. The number of hydrogen-bond donors (Lipinski definition) is 2. The molecule has 12 heteroatoms. The molecule has 3 heterocycles. The SMILES string of the molecule is Cc1nnc(-c2cc(Cl)ccc2F)cc1Nc1cc(NC(=O)C2CC(OC(=O)C3CCN(C)CC3)C2)ncn1. The Morgan fingerprint density at radius 3 is 2.56 bits per heavy atom. The number of piperidine rings is 1. The molecule has 0 unspecified atom stereocenters. The zero-order valence-corrected chi connectivity index (χ0v) is 22.4. The smallest absolute Gasteiger partial charge is 0.309 e. The van der Waals surface area contributed by atoms with E-state index in [-0.39, 0.29) is 35.4 Å². The topological polar surface area (TPSA) is 122 Å². The number of nitrogens with zero attached hydrogens (tertiary/aromatic N) is 5. The van der Waals surface area contributed by atoms with Gasteiger partial charge in [0.25, 0.3) is 0 Å². The Bertz CT molecular complexity index is 1380. The molecular weight excluding hydrogens is 525 g/mol. The Labute approximate surface area is 230 Å². The summed E-state index contributed by atoms with van der Waals surface area (Å²) in [6.07, 6.45) is 3.70. The lowest BCUT2D eigenvalue weighted by Crippen LogP contribution is -2.42. The van der Waals surface area contributed by atoms with Gasteiger partial charge in [-0.25, -0.2) is 14.4 Å². The molecule has 2 aliphatic rings. The second-order valence-corrected chi connectivity index (χ2v) is 10.5. The van der Waals surface area contributed by atoms with Gasteiger partial charge in [-0.3, -0.25) is 9.59 Å². The number of ether oxygens (including phenoxy) is 1. The molecule has 0 bridgehead atoms. The van der Waals surface area contributed by atoms with Gasteiger partial charge in [-0.05, 0) is 77.0 Å². The van der Waals surface area contributed by atoms with Crippen molar-refractivity contribution >= 4 is 40.8 Å². The fraction of sp³-hybridized carbons (Fsp3) is 0.407. The van der Waals surface area contributed by atoms with Gasteiger partial charge in [-0.15, -0.1) is 0 Å². The standard InChI is InChI=1S/C27H29ClFN7O3/c1-15-22(12-23(35-34-15)20-11-18(28)3-4-21(20)29)32-24-13-25(31-14-30-24)33-26(37)17-9-19(10-17)39-27(38)16-5-7-36(2)8-6-16/h3-4,11-14,16-17,19H,5-10H2,1-2H3,(H2,30,31,32,33,35,37). The third-order valence-electron chi connectivity index (χ3n) is 7.16. The fourth-order valence-electron chi connectivity index (χ4n) is 4.65. The molecule has 2 aromatic heterocycles. The number of likely N-dealkylation sites (tertiary alicyclic amines) is 1. The van der Waals surface area contributed by atoms with Crippen LogP contribution in [0, 0.1) is 24.6 Å². The highest BCUT2D eigenvalue weighted by Crippen LogP contribution is 2.33. The Morgan fingerprint density at radius 2 is 1.79 bits per heavy atom. The van der Waals surface area contributed by atoms with Gasteiger partial charge in [0, 0.05) is 22.6 Å². The van der Waals surface area contributed by atoms with E-state index in [4.69, 9.17) is 16.3 Å². The third kappa shape index (κ3) is 6.48. The Hall–Kier alpha value is -3.70. The predicted octanol–water partition coefficient (Wildman–Crippen LogP) is 4.38. The summed E-state index contributed by atoms with van der Waals surface area (Å²) in [5.41, 5.74) is 1.66. The summed E-state index contributed by atoms with van der Waals surface area (Å²) in [6.45, 7) is 3.54. The van der Waals surface area contributed by atoms with Crippen LogP contribution >= 0.6 is 11.6 Å². The molecule has 2 N–H and O–H groups in total. The van der Waals surface area contributed by atoms with Crippen LogP contribution in [0.5, 0.6) is 0 Å². The summed E-state index contributed by atoms with van der Waals surface area (Å²) >= 11 is 6.02. The van der Waals surface area contributed by atoms with Gasteiger partial charge in [0.1, 0.15) is 29.9 Å². The molecule has 204 valence electrons. The van der Waals surface area contributed by atoms with Gasteiger partial charge in [-0.1, -0.05) is 11.6 Å². The lowest BCUT2D eigenvalue weighted by molar-refractivity contribution is -0.164. The quantitative estimate of drug-likeness (QED) is 0.410. The molecule has 1 aliphatic carbocycles. The maximum Gasteiger partial charge on any atom is 0.309 e. The Morgan fingerprint density at radius 1 is 1.05 bits per heavy atom. The highest BCUT2D eigenvalue weighted by molar-refractivity contribution is 6.30. The molecule has 5 rings (SSSR count). The molecule has 0 spiro atoms. The van der Waals surface area contributed by atoms with Gasteiger partial charge in [0.2, 0.25) is 5.91 Å². The molecule has 0 atom stereocenters. The van der Waals surface area contributed by atoms with Crippen LogP contribution in [0.2, 0.25) is 5.02 Å². The number of nitrogens with one attached hydrogen (secondary N) is 2. The lowest BCUT2D eigenvalue weighted by Gasteiger charge is -2.35. The van der Waals surface area contributed by atoms with Crippen LogP contribution in [0.25, 0.3) is 11.3 Å². The van der Waals surface area contributed by atoms with E-state index in [2.05, 4.69) is 35.7 Å². The summed E-state index contributed by atoms with van der Waals surface area (Å²) in [6, 6.07) is 7.46. The summed E-state index contributed by atoms with van der Waals surface area (Å²) in [5, 5.41) is 14.5. The van der Waals surface area contributed by atoms with E-state index in [1.165, 1.54) is 24.5 Å². The van der Waals surface area contributed by atoms with Crippen LogP contribution in [0.15, 0.2) is 36.7 Å². The number of rotatable bonds is 7. The number of carbonyl (C=O) groups is 2. The molecule has 0 radical (unpaired) electrons. The number of anilines is 3. The van der Waals surface area contributed by atoms with Crippen molar-refractivity contribution in [3.8, 4) is 11.3 Å². The third-order valence-corrected chi connectivity index (χ3v) is 7.40. The summed E-state index contributed by atoms with van der Waals surface area (Å²) in [7, 11) is 2.05. The second-order valence-electron chi connectivity index (χ2n) is 10.1. The van der Waals surface area contributed by atoms with Crippen molar-refractivity contribution in [3.05, 3.63) is 53.2 Å². The molecule has 1 saturated heterocycles. The number of amides is 1. The van der Waals surface area contributed by atoms with Gasteiger partial charge >= 0.3 is 5.97 Å². The maximum atomic E-state index is 14.3. The lowest BCUT2D eigenvalue weighted by atomic mass is 9.81. The molecule has 1 aromatic carbocycles. The van der Waals surface area contributed by atoms with Gasteiger partial charge in [0.05, 0.1) is 23.0 Å². The van der Waals surface area contributed by atoms with Gasteiger partial charge in [-0.2, -0.15) is 10.2 Å². The minimum Gasteiger partial charge on any atom is -0.462 e. The van der Waals surface area contributed by atoms with Crippen molar-refractivity contribution in [2.45, 2.75) is 38.7 Å². The van der Waals surface area contributed by atoms with Crippen molar-refractivity contribution in [3.63, 3.8) is 0 Å². The molecule has 2 fully saturated rings. The minimum atomic E-state index is -0.467. The van der Waals surface area contributed by atoms with Crippen molar-refractivity contribution in [1.82, 2.24) is 25.1 Å². The van der Waals surface area contributed by atoms with E-state index >= 15 is 0 Å². The Balaban J connectivity index is 1.17. The highest BCUT2D eigenvalue weighted by atomic mass is 35.5. The van der Waals surface area contributed by atoms with Crippen LogP contribution in [0.4, 0.5) is 21.7 Å².